The van der Waals surface area contributed by atoms with Gasteiger partial charge in [-0.3, -0.25) is 9.59 Å². The number of benzene rings is 1. The van der Waals surface area contributed by atoms with Gasteiger partial charge in [0.2, 0.25) is 0 Å². The van der Waals surface area contributed by atoms with E-state index in [0.717, 1.165) is 0 Å². The molecule has 0 aliphatic carbocycles. The Kier molecular flexibility index (Phi) is 3.64. The highest BCUT2D eigenvalue weighted by atomic mass is 35.5. The summed E-state index contributed by atoms with van der Waals surface area (Å²) in [5, 5.41) is 2.67. The Labute approximate surface area is 104 Å². The molecule has 0 saturated carbocycles. The van der Waals surface area contributed by atoms with Crippen LogP contribution in [0.5, 0.6) is 5.75 Å². The minimum atomic E-state index is -0.206. The van der Waals surface area contributed by atoms with Gasteiger partial charge in [0.05, 0.1) is 5.69 Å². The third kappa shape index (κ3) is 2.77. The van der Waals surface area contributed by atoms with E-state index in [1.54, 1.807) is 18.2 Å². The summed E-state index contributed by atoms with van der Waals surface area (Å²) in [4.78, 5) is 22.9. The highest BCUT2D eigenvalue weighted by Crippen LogP contribution is 2.28. The monoisotopic (exact) mass is 253 g/mol. The summed E-state index contributed by atoms with van der Waals surface area (Å²) in [6.07, 6.45) is 1.07. The number of anilines is 1. The predicted molar refractivity (Wildman–Crippen MR) is 64.9 cm³/mol. The number of hydrogen-bond acceptors (Lipinski definition) is 3. The number of rotatable bonds is 4. The summed E-state index contributed by atoms with van der Waals surface area (Å²) < 4.78 is 5.21. The van der Waals surface area contributed by atoms with Crippen LogP contribution in [-0.2, 0) is 4.79 Å². The number of halogens is 1. The second-order valence-corrected chi connectivity index (χ2v) is 4.14. The van der Waals surface area contributed by atoms with Crippen molar-refractivity contribution in [1.29, 1.82) is 0 Å². The summed E-state index contributed by atoms with van der Waals surface area (Å²) >= 11 is 5.54. The van der Waals surface area contributed by atoms with Crippen LogP contribution in [0.1, 0.15) is 23.2 Å². The minimum Gasteiger partial charge on any atom is -0.482 e. The van der Waals surface area contributed by atoms with Crippen LogP contribution in [0.2, 0.25) is 0 Å². The number of ketones is 1. The average Bonchev–Trinajstić information content (AvgIpc) is 2.35. The molecule has 0 bridgehead atoms. The van der Waals surface area contributed by atoms with Gasteiger partial charge in [-0.25, -0.2) is 0 Å². The molecule has 1 amide bonds. The number of nitrogens with one attached hydrogen (secondary N) is 1. The number of carbonyl (C=O) groups is 2. The van der Waals surface area contributed by atoms with E-state index in [9.17, 15) is 9.59 Å². The minimum absolute atomic E-state index is 0.0204. The summed E-state index contributed by atoms with van der Waals surface area (Å²) in [6.45, 7) is 0.0204. The topological polar surface area (TPSA) is 55.4 Å². The fraction of sp³-hybridized carbons (Fsp3) is 0.333. The lowest BCUT2D eigenvalue weighted by atomic mass is 10.1. The number of ether oxygens (including phenoxy) is 1. The Morgan fingerprint density at radius 3 is 3.06 bits per heavy atom. The van der Waals surface area contributed by atoms with Crippen LogP contribution in [0.25, 0.3) is 0 Å². The first-order chi connectivity index (χ1) is 8.20. The fourth-order valence-electron chi connectivity index (χ4n) is 1.63. The Balaban J connectivity index is 2.18. The normalized spacial score (nSPS) is 13.6. The molecule has 17 heavy (non-hydrogen) atoms. The molecule has 5 heteroatoms. The number of alkyl halides is 1. The van der Waals surface area contributed by atoms with Gasteiger partial charge in [0.15, 0.2) is 12.4 Å². The molecule has 1 heterocycles. The van der Waals surface area contributed by atoms with E-state index in [0.29, 0.717) is 35.7 Å². The molecule has 0 radical (unpaired) electrons. The second-order valence-electron chi connectivity index (χ2n) is 3.76. The average molecular weight is 254 g/mol. The molecule has 1 aromatic carbocycles. The highest BCUT2D eigenvalue weighted by molar-refractivity contribution is 6.18. The first-order valence-electron chi connectivity index (χ1n) is 5.36. The van der Waals surface area contributed by atoms with E-state index in [2.05, 4.69) is 5.32 Å². The van der Waals surface area contributed by atoms with Crippen LogP contribution in [0.4, 0.5) is 5.69 Å². The quantitative estimate of drug-likeness (QED) is 0.661. The SMILES string of the molecule is O=C1COc2ccc(C(=O)CCCCl)cc2N1. The maximum Gasteiger partial charge on any atom is 0.262 e. The molecule has 0 atom stereocenters. The van der Waals surface area contributed by atoms with E-state index in [4.69, 9.17) is 16.3 Å². The highest BCUT2D eigenvalue weighted by Gasteiger charge is 2.17. The maximum atomic E-state index is 11.8. The van der Waals surface area contributed by atoms with Gasteiger partial charge in [-0.15, -0.1) is 11.6 Å². The Hall–Kier alpha value is -1.55. The van der Waals surface area contributed by atoms with E-state index >= 15 is 0 Å². The van der Waals surface area contributed by atoms with Gasteiger partial charge in [0.25, 0.3) is 5.91 Å². The van der Waals surface area contributed by atoms with Crippen molar-refractivity contribution in [3.05, 3.63) is 23.8 Å². The molecule has 0 saturated heterocycles. The molecule has 0 aromatic heterocycles. The van der Waals surface area contributed by atoms with Gasteiger partial charge < -0.3 is 10.1 Å². The lowest BCUT2D eigenvalue weighted by Gasteiger charge is -2.18. The molecule has 2 rings (SSSR count). The van der Waals surface area contributed by atoms with E-state index in [1.807, 2.05) is 0 Å². The summed E-state index contributed by atoms with van der Waals surface area (Å²) in [7, 11) is 0. The molecule has 1 aromatic rings. The zero-order valence-corrected chi connectivity index (χ0v) is 9.92. The summed E-state index contributed by atoms with van der Waals surface area (Å²) in [5.74, 6) is 0.880. The van der Waals surface area contributed by atoms with Gasteiger partial charge in [0, 0.05) is 17.9 Å². The van der Waals surface area contributed by atoms with E-state index in [-0.39, 0.29) is 18.3 Å². The number of hydrogen-bond donors (Lipinski definition) is 1. The van der Waals surface area contributed by atoms with Crippen LogP contribution < -0.4 is 10.1 Å². The molecular formula is C12H12ClNO3. The first-order valence-corrected chi connectivity index (χ1v) is 5.90. The van der Waals surface area contributed by atoms with Gasteiger partial charge >= 0.3 is 0 Å². The molecule has 0 unspecified atom stereocenters. The lowest BCUT2D eigenvalue weighted by Crippen LogP contribution is -2.25. The molecule has 0 fully saturated rings. The molecule has 1 aliphatic heterocycles. The molecule has 1 N–H and O–H groups in total. The van der Waals surface area contributed by atoms with Crippen LogP contribution in [0, 0.1) is 0 Å². The standard InChI is InChI=1S/C12H12ClNO3/c13-5-1-2-10(15)8-3-4-11-9(6-8)14-12(16)7-17-11/h3-4,6H,1-2,5,7H2,(H,14,16). The zero-order chi connectivity index (χ0) is 12.3. The van der Waals surface area contributed by atoms with Crippen molar-refractivity contribution in [2.75, 3.05) is 17.8 Å². The second kappa shape index (κ2) is 5.19. The van der Waals surface area contributed by atoms with Crippen molar-refractivity contribution >= 4 is 29.0 Å². The van der Waals surface area contributed by atoms with Gasteiger partial charge in [-0.2, -0.15) is 0 Å². The van der Waals surface area contributed by atoms with Crippen LogP contribution in [-0.4, -0.2) is 24.2 Å². The van der Waals surface area contributed by atoms with Gasteiger partial charge in [0.1, 0.15) is 5.75 Å². The van der Waals surface area contributed by atoms with Crippen molar-refractivity contribution in [2.45, 2.75) is 12.8 Å². The van der Waals surface area contributed by atoms with Crippen molar-refractivity contribution in [3.63, 3.8) is 0 Å². The zero-order valence-electron chi connectivity index (χ0n) is 9.16. The first kappa shape index (κ1) is 11.9. The summed E-state index contributed by atoms with van der Waals surface area (Å²) in [5.41, 5.74) is 1.12. The smallest absolute Gasteiger partial charge is 0.262 e. The van der Waals surface area contributed by atoms with Gasteiger partial charge in [-0.05, 0) is 24.6 Å². The fourth-order valence-corrected chi connectivity index (χ4v) is 1.76. The molecular weight excluding hydrogens is 242 g/mol. The van der Waals surface area contributed by atoms with E-state index < -0.39 is 0 Å². The predicted octanol–water partition coefficient (Wildman–Crippen LogP) is 2.22. The molecule has 0 spiro atoms. The van der Waals surface area contributed by atoms with Crippen LogP contribution >= 0.6 is 11.6 Å². The Bertz CT molecular complexity index is 459. The van der Waals surface area contributed by atoms with Crippen molar-refractivity contribution < 1.29 is 14.3 Å². The third-order valence-corrected chi connectivity index (χ3v) is 2.74. The van der Waals surface area contributed by atoms with E-state index in [1.165, 1.54) is 0 Å². The number of amides is 1. The molecule has 1 aliphatic rings. The van der Waals surface area contributed by atoms with Crippen molar-refractivity contribution in [3.8, 4) is 5.75 Å². The van der Waals surface area contributed by atoms with Crippen molar-refractivity contribution in [2.24, 2.45) is 0 Å². The van der Waals surface area contributed by atoms with Gasteiger partial charge in [-0.1, -0.05) is 0 Å². The van der Waals surface area contributed by atoms with Crippen LogP contribution in [0.15, 0.2) is 18.2 Å². The lowest BCUT2D eigenvalue weighted by molar-refractivity contribution is -0.118. The number of fused-ring (bicyclic) bond motifs is 1. The largest absolute Gasteiger partial charge is 0.482 e. The van der Waals surface area contributed by atoms with Crippen LogP contribution in [0.3, 0.4) is 0 Å². The molecule has 4 nitrogen and oxygen atoms in total. The third-order valence-electron chi connectivity index (χ3n) is 2.47. The number of Topliss-reactive ketones (excluding diaryl/α,β-unsaturated/α-hetero) is 1. The molecule has 90 valence electrons. The Morgan fingerprint density at radius 1 is 1.47 bits per heavy atom. The van der Waals surface area contributed by atoms with Crippen molar-refractivity contribution in [1.82, 2.24) is 0 Å². The summed E-state index contributed by atoms with van der Waals surface area (Å²) in [6, 6.07) is 5.04. The Morgan fingerprint density at radius 2 is 2.29 bits per heavy atom. The number of carbonyl (C=O) groups excluding carboxylic acids is 2. The maximum absolute atomic E-state index is 11.8.